The number of carbonyl (C=O) groups is 5. The van der Waals surface area contributed by atoms with E-state index in [9.17, 15) is 36.8 Å². The van der Waals surface area contributed by atoms with Crippen molar-refractivity contribution in [3.63, 3.8) is 0 Å². The van der Waals surface area contributed by atoms with Crippen molar-refractivity contribution in [2.45, 2.75) is 127 Å². The van der Waals surface area contributed by atoms with Crippen LogP contribution in [0.5, 0.6) is 0 Å². The van der Waals surface area contributed by atoms with E-state index in [0.29, 0.717) is 43.2 Å². The molecule has 3 heterocycles. The lowest BCUT2D eigenvalue weighted by atomic mass is 9.88. The maximum absolute atomic E-state index is 14.4. The van der Waals surface area contributed by atoms with Crippen LogP contribution in [0.25, 0.3) is 0 Å². The van der Waals surface area contributed by atoms with Crippen LogP contribution < -0.4 is 5.32 Å². The number of nitrogens with zero attached hydrogens (tertiary/aromatic N) is 2. The summed E-state index contributed by atoms with van der Waals surface area (Å²) in [5, 5.41) is 2.18. The van der Waals surface area contributed by atoms with Gasteiger partial charge in [0, 0.05) is 30.4 Å². The van der Waals surface area contributed by atoms with Crippen molar-refractivity contribution in [1.82, 2.24) is 15.1 Å². The maximum atomic E-state index is 14.4. The molecule has 12 nitrogen and oxygen atoms in total. The molecule has 5 aliphatic rings. The van der Waals surface area contributed by atoms with E-state index in [1.807, 2.05) is 12.2 Å². The standard InChI is InChI=1S/C37H48FN3O9S/c1-36(2,3)50-34(45)39-29-13-8-6-4-5-7-11-24-17-37(24,32(43)22-51(47,48)26-14-15-26)18-31(42)30-16-25(20-41(30)33(29)44)49-35(46)40-19-23-10-9-12-28(38)27(23)21-40/h7,9-12,24-26,29-30H,4-6,8,13-22H2,1-3H3,(H,39,45)/b11-7-/t24-,25-,29+,30+,37-/m1/s1. The van der Waals surface area contributed by atoms with E-state index < -0.39 is 85.5 Å². The summed E-state index contributed by atoms with van der Waals surface area (Å²) in [6.45, 7) is 5.15. The minimum Gasteiger partial charge on any atom is -0.444 e. The van der Waals surface area contributed by atoms with E-state index in [-0.39, 0.29) is 44.8 Å². The minimum absolute atomic E-state index is 0.0176. The van der Waals surface area contributed by atoms with E-state index in [1.165, 1.54) is 15.9 Å². The quantitative estimate of drug-likeness (QED) is 0.408. The highest BCUT2D eigenvalue weighted by Gasteiger charge is 2.61. The average molecular weight is 730 g/mol. The van der Waals surface area contributed by atoms with Gasteiger partial charge in [0.2, 0.25) is 5.91 Å². The number of nitrogens with one attached hydrogen (secondary N) is 1. The maximum Gasteiger partial charge on any atom is 0.410 e. The fourth-order valence-corrected chi connectivity index (χ4v) is 9.37. The number of hydrogen-bond donors (Lipinski definition) is 1. The molecule has 0 radical (unpaired) electrons. The zero-order valence-electron chi connectivity index (χ0n) is 29.5. The lowest BCUT2D eigenvalue weighted by Gasteiger charge is -2.30. The Morgan fingerprint density at radius 2 is 1.82 bits per heavy atom. The van der Waals surface area contributed by atoms with Crippen LogP contribution in [-0.2, 0) is 46.8 Å². The predicted octanol–water partition coefficient (Wildman–Crippen LogP) is 4.77. The normalized spacial score (nSPS) is 29.2. The molecular weight excluding hydrogens is 681 g/mol. The number of sulfone groups is 1. The first-order valence-electron chi connectivity index (χ1n) is 18.0. The van der Waals surface area contributed by atoms with Crippen molar-refractivity contribution in [1.29, 1.82) is 0 Å². The molecule has 0 aromatic heterocycles. The zero-order valence-corrected chi connectivity index (χ0v) is 30.3. The van der Waals surface area contributed by atoms with Gasteiger partial charge in [-0.1, -0.05) is 37.1 Å². The Labute approximate surface area is 298 Å². The number of ketones is 2. The molecule has 1 N–H and O–H groups in total. The second-order valence-corrected chi connectivity index (χ2v) is 18.1. The van der Waals surface area contributed by atoms with Gasteiger partial charge < -0.3 is 19.7 Å². The molecule has 0 bridgehead atoms. The van der Waals surface area contributed by atoms with E-state index in [2.05, 4.69) is 5.32 Å². The van der Waals surface area contributed by atoms with Gasteiger partial charge in [0.25, 0.3) is 0 Å². The smallest absolute Gasteiger partial charge is 0.410 e. The van der Waals surface area contributed by atoms with Crippen LogP contribution >= 0.6 is 0 Å². The molecule has 0 spiro atoms. The van der Waals surface area contributed by atoms with Gasteiger partial charge in [-0.05, 0) is 76.8 Å². The van der Waals surface area contributed by atoms with E-state index >= 15 is 0 Å². The first-order valence-corrected chi connectivity index (χ1v) is 19.7. The van der Waals surface area contributed by atoms with Crippen LogP contribution in [0, 0.1) is 17.2 Å². The largest absolute Gasteiger partial charge is 0.444 e. The summed E-state index contributed by atoms with van der Waals surface area (Å²) >= 11 is 0. The van der Waals surface area contributed by atoms with Gasteiger partial charge in [-0.3, -0.25) is 19.3 Å². The van der Waals surface area contributed by atoms with Crippen LogP contribution in [0.15, 0.2) is 30.4 Å². The van der Waals surface area contributed by atoms with Crippen LogP contribution in [0.3, 0.4) is 0 Å². The highest BCUT2D eigenvalue weighted by atomic mass is 32.2. The molecule has 1 aromatic rings. The molecule has 5 atom stereocenters. The third kappa shape index (κ3) is 8.47. The first kappa shape index (κ1) is 37.0. The molecule has 3 aliphatic heterocycles. The minimum atomic E-state index is -3.63. The van der Waals surface area contributed by atoms with Crippen molar-refractivity contribution < 1.29 is 46.3 Å². The number of carbonyl (C=O) groups excluding carboxylic acids is 5. The molecule has 14 heteroatoms. The number of fused-ring (bicyclic) bond motifs is 3. The molecule has 0 unspecified atom stereocenters. The predicted molar refractivity (Wildman–Crippen MR) is 183 cm³/mol. The summed E-state index contributed by atoms with van der Waals surface area (Å²) in [4.78, 5) is 71.3. The van der Waals surface area contributed by atoms with Crippen molar-refractivity contribution in [2.24, 2.45) is 11.3 Å². The summed E-state index contributed by atoms with van der Waals surface area (Å²) in [6.07, 6.45) is 5.71. The van der Waals surface area contributed by atoms with Crippen LogP contribution in [0.1, 0.15) is 96.1 Å². The second kappa shape index (κ2) is 14.3. The second-order valence-electron chi connectivity index (χ2n) is 15.8. The number of hydrogen-bond acceptors (Lipinski definition) is 9. The Hall–Kier alpha value is -3.81. The summed E-state index contributed by atoms with van der Waals surface area (Å²) in [5.41, 5.74) is -0.947. The molecular formula is C37H48FN3O9S. The first-order chi connectivity index (χ1) is 24.1. The van der Waals surface area contributed by atoms with Crippen molar-refractivity contribution >= 4 is 39.5 Å². The van der Waals surface area contributed by atoms with Crippen molar-refractivity contribution in [3.05, 3.63) is 47.3 Å². The van der Waals surface area contributed by atoms with Crippen LogP contribution in [0.4, 0.5) is 14.0 Å². The highest BCUT2D eigenvalue weighted by molar-refractivity contribution is 7.93. The van der Waals surface area contributed by atoms with Gasteiger partial charge in [-0.2, -0.15) is 0 Å². The molecule has 2 saturated carbocycles. The third-order valence-electron chi connectivity index (χ3n) is 10.6. The summed E-state index contributed by atoms with van der Waals surface area (Å²) in [5.74, 6) is -2.79. The van der Waals surface area contributed by atoms with Crippen LogP contribution in [0.2, 0.25) is 0 Å². The van der Waals surface area contributed by atoms with Gasteiger partial charge in [0.15, 0.2) is 21.4 Å². The monoisotopic (exact) mass is 729 g/mol. The fourth-order valence-electron chi connectivity index (χ4n) is 7.62. The summed E-state index contributed by atoms with van der Waals surface area (Å²) in [7, 11) is -3.63. The lowest BCUT2D eigenvalue weighted by Crippen LogP contribution is -2.53. The Balaban J connectivity index is 1.25. The number of benzene rings is 1. The molecule has 1 aromatic carbocycles. The number of amides is 3. The molecule has 3 fully saturated rings. The number of alkyl carbamates (subject to hydrolysis) is 1. The number of halogens is 1. The summed E-state index contributed by atoms with van der Waals surface area (Å²) < 4.78 is 51.4. The van der Waals surface area contributed by atoms with Crippen molar-refractivity contribution in [3.8, 4) is 0 Å². The van der Waals surface area contributed by atoms with E-state index in [1.54, 1.807) is 32.9 Å². The lowest BCUT2D eigenvalue weighted by molar-refractivity contribution is -0.140. The number of ether oxygens (including phenoxy) is 2. The number of Topliss-reactive ketones (excluding diaryl/α,β-unsaturated/α-hetero) is 2. The summed E-state index contributed by atoms with van der Waals surface area (Å²) in [6, 6.07) is 2.51. The molecule has 51 heavy (non-hydrogen) atoms. The van der Waals surface area contributed by atoms with Gasteiger partial charge >= 0.3 is 12.2 Å². The van der Waals surface area contributed by atoms with E-state index in [0.717, 1.165) is 12.8 Å². The fraction of sp³-hybridized carbons (Fsp3) is 0.649. The Morgan fingerprint density at radius 3 is 2.53 bits per heavy atom. The highest BCUT2D eigenvalue weighted by Crippen LogP contribution is 2.58. The third-order valence-corrected chi connectivity index (χ3v) is 12.8. The number of rotatable bonds is 6. The van der Waals surface area contributed by atoms with E-state index in [4.69, 9.17) is 9.47 Å². The average Bonchev–Trinajstić information content (AvgIpc) is 3.93. The number of allylic oxidation sites excluding steroid dienone is 2. The molecule has 1 saturated heterocycles. The Morgan fingerprint density at radius 1 is 1.06 bits per heavy atom. The van der Waals surface area contributed by atoms with Crippen molar-refractivity contribution in [2.75, 3.05) is 12.3 Å². The van der Waals surface area contributed by atoms with Crippen LogP contribution in [-0.4, -0.2) is 89.2 Å². The molecule has 6 rings (SSSR count). The van der Waals surface area contributed by atoms with Gasteiger partial charge in [0.1, 0.15) is 29.3 Å². The van der Waals surface area contributed by atoms with Gasteiger partial charge in [-0.25, -0.2) is 22.4 Å². The van der Waals surface area contributed by atoms with Gasteiger partial charge in [-0.15, -0.1) is 0 Å². The topological polar surface area (TPSA) is 156 Å². The molecule has 278 valence electrons. The Kier molecular flexibility index (Phi) is 10.4. The van der Waals surface area contributed by atoms with Gasteiger partial charge in [0.05, 0.1) is 24.4 Å². The SMILES string of the molecule is CC(C)(C)OC(=O)N[C@H]1CCCCC/C=C\[C@@H]2C[C@@]2(C(=O)CS(=O)(=O)C2CC2)CC(=O)[C@@H]2C[C@@H](OC(=O)N3Cc4cccc(F)c4C3)CN2C1=O. The molecule has 3 amide bonds. The zero-order chi connectivity index (χ0) is 36.7. The molecule has 2 aliphatic carbocycles. The Bertz CT molecular complexity index is 1720.